The van der Waals surface area contributed by atoms with E-state index in [-0.39, 0.29) is 5.57 Å². The summed E-state index contributed by atoms with van der Waals surface area (Å²) in [5.74, 6) is -0.0193. The second-order valence-corrected chi connectivity index (χ2v) is 9.48. The Kier molecular flexibility index (Phi) is 8.33. The van der Waals surface area contributed by atoms with Crippen LogP contribution in [0.25, 0.3) is 6.08 Å². The molecule has 0 saturated heterocycles. The van der Waals surface area contributed by atoms with Crippen LogP contribution in [0.5, 0.6) is 5.75 Å². The quantitative estimate of drug-likeness (QED) is 0.225. The number of nitriles is 1. The first kappa shape index (κ1) is 23.6. The minimum absolute atomic E-state index is 0.0709. The molecule has 0 saturated carbocycles. The molecular weight excluding hydrogens is 611 g/mol. The van der Waals surface area contributed by atoms with Gasteiger partial charge in [-0.3, -0.25) is 4.79 Å². The molecule has 0 fully saturated rings. The zero-order chi connectivity index (χ0) is 22.4. The minimum Gasteiger partial charge on any atom is -0.487 e. The summed E-state index contributed by atoms with van der Waals surface area (Å²) in [6, 6.07) is 20.1. The van der Waals surface area contributed by atoms with Gasteiger partial charge < -0.3 is 10.1 Å². The van der Waals surface area contributed by atoms with Crippen molar-refractivity contribution in [2.45, 2.75) is 6.61 Å². The molecule has 3 aromatic carbocycles. The van der Waals surface area contributed by atoms with Gasteiger partial charge in [0.25, 0.3) is 5.91 Å². The predicted molar refractivity (Wildman–Crippen MR) is 134 cm³/mol. The summed E-state index contributed by atoms with van der Waals surface area (Å²) in [4.78, 5) is 12.6. The molecule has 4 nitrogen and oxygen atoms in total. The summed E-state index contributed by atoms with van der Waals surface area (Å²) in [5.41, 5.74) is 1.99. The molecule has 0 aliphatic heterocycles. The maximum Gasteiger partial charge on any atom is 0.266 e. The lowest BCUT2D eigenvalue weighted by Crippen LogP contribution is -2.13. The van der Waals surface area contributed by atoms with Crippen LogP contribution in [0.1, 0.15) is 11.1 Å². The third kappa shape index (κ3) is 6.68. The van der Waals surface area contributed by atoms with E-state index in [4.69, 9.17) is 16.3 Å². The lowest BCUT2D eigenvalue weighted by atomic mass is 10.1. The van der Waals surface area contributed by atoms with Gasteiger partial charge in [0, 0.05) is 25.2 Å². The number of anilines is 1. The Balaban J connectivity index is 1.88. The van der Waals surface area contributed by atoms with E-state index in [9.17, 15) is 10.1 Å². The maximum atomic E-state index is 12.6. The van der Waals surface area contributed by atoms with Crippen LogP contribution >= 0.6 is 59.4 Å². The molecule has 0 aliphatic carbocycles. The Morgan fingerprint density at radius 3 is 2.48 bits per heavy atom. The SMILES string of the molecule is N#C/C(=C\c1cc(Br)cc(Br)c1OCc1ccc(Br)cc1)C(=O)Nc1cccc(Cl)c1. The van der Waals surface area contributed by atoms with Crippen molar-refractivity contribution in [1.82, 2.24) is 0 Å². The molecule has 3 aromatic rings. The van der Waals surface area contributed by atoms with Crippen LogP contribution in [0.2, 0.25) is 5.02 Å². The van der Waals surface area contributed by atoms with Gasteiger partial charge in [0.05, 0.1) is 4.47 Å². The number of ether oxygens (including phenoxy) is 1. The van der Waals surface area contributed by atoms with Gasteiger partial charge in [-0.1, -0.05) is 61.7 Å². The third-order valence-corrected chi connectivity index (χ3v) is 5.89. The predicted octanol–water partition coefficient (Wildman–Crippen LogP) is 7.75. The molecule has 0 radical (unpaired) electrons. The monoisotopic (exact) mass is 622 g/mol. The molecular formula is C23H14Br3ClN2O2. The maximum absolute atomic E-state index is 12.6. The van der Waals surface area contributed by atoms with Crippen LogP contribution in [-0.2, 0) is 11.4 Å². The highest BCUT2D eigenvalue weighted by Crippen LogP contribution is 2.35. The molecule has 0 aliphatic rings. The van der Waals surface area contributed by atoms with Crippen molar-refractivity contribution in [1.29, 1.82) is 5.26 Å². The van der Waals surface area contributed by atoms with Gasteiger partial charge in [-0.25, -0.2) is 0 Å². The molecule has 0 unspecified atom stereocenters. The zero-order valence-corrected chi connectivity index (χ0v) is 21.3. The Bertz CT molecular complexity index is 1190. The van der Waals surface area contributed by atoms with E-state index in [0.717, 1.165) is 14.5 Å². The first-order valence-electron chi connectivity index (χ1n) is 8.90. The molecule has 0 spiro atoms. The summed E-state index contributed by atoms with van der Waals surface area (Å²) in [5, 5.41) is 12.7. The van der Waals surface area contributed by atoms with Crippen LogP contribution in [-0.4, -0.2) is 5.91 Å². The molecule has 31 heavy (non-hydrogen) atoms. The van der Waals surface area contributed by atoms with Crippen molar-refractivity contribution in [2.24, 2.45) is 0 Å². The highest BCUT2D eigenvalue weighted by molar-refractivity contribution is 9.11. The van der Waals surface area contributed by atoms with Gasteiger partial charge in [-0.15, -0.1) is 0 Å². The molecule has 3 rings (SSSR count). The number of hydrogen-bond acceptors (Lipinski definition) is 3. The van der Waals surface area contributed by atoms with Gasteiger partial charge in [-0.2, -0.15) is 5.26 Å². The second kappa shape index (κ2) is 11.0. The molecule has 0 bridgehead atoms. The topological polar surface area (TPSA) is 62.1 Å². The number of halogens is 4. The lowest BCUT2D eigenvalue weighted by molar-refractivity contribution is -0.112. The van der Waals surface area contributed by atoms with Gasteiger partial charge >= 0.3 is 0 Å². The Hall–Kier alpha value is -2.11. The second-order valence-electron chi connectivity index (χ2n) is 6.36. The van der Waals surface area contributed by atoms with Crippen LogP contribution in [0.15, 0.2) is 79.7 Å². The van der Waals surface area contributed by atoms with Crippen molar-refractivity contribution in [3.8, 4) is 11.8 Å². The summed E-state index contributed by atoms with van der Waals surface area (Å²) in [6.45, 7) is 0.324. The lowest BCUT2D eigenvalue weighted by Gasteiger charge is -2.13. The first-order valence-corrected chi connectivity index (χ1v) is 11.7. The highest BCUT2D eigenvalue weighted by Gasteiger charge is 2.14. The van der Waals surface area contributed by atoms with Gasteiger partial charge in [0.15, 0.2) is 0 Å². The number of nitrogens with zero attached hydrogens (tertiary/aromatic N) is 1. The van der Waals surface area contributed by atoms with E-state index < -0.39 is 5.91 Å². The molecule has 8 heteroatoms. The van der Waals surface area contributed by atoms with E-state index >= 15 is 0 Å². The molecule has 0 heterocycles. The van der Waals surface area contributed by atoms with Crippen molar-refractivity contribution in [3.63, 3.8) is 0 Å². The smallest absolute Gasteiger partial charge is 0.266 e. The molecule has 1 N–H and O–H groups in total. The minimum atomic E-state index is -0.542. The number of amides is 1. The van der Waals surface area contributed by atoms with Crippen LogP contribution < -0.4 is 10.1 Å². The number of carbonyl (C=O) groups excluding carboxylic acids is 1. The molecule has 1 amide bonds. The number of hydrogen-bond donors (Lipinski definition) is 1. The normalized spacial score (nSPS) is 11.0. The highest BCUT2D eigenvalue weighted by atomic mass is 79.9. The standard InChI is InChI=1S/C23H14Br3ClN2O2/c24-17-6-4-14(5-7-17)13-31-22-15(9-18(25)10-21(22)26)8-16(12-28)23(30)29-20-3-1-2-19(27)11-20/h1-11H,13H2,(H,29,30)/b16-8+. The molecule has 156 valence electrons. The summed E-state index contributed by atoms with van der Waals surface area (Å²) in [6.07, 6.45) is 1.49. The fraction of sp³-hybridized carbons (Fsp3) is 0.0435. The fourth-order valence-electron chi connectivity index (χ4n) is 2.64. The number of nitrogens with one attached hydrogen (secondary N) is 1. The Labute approximate surface area is 210 Å². The fourth-order valence-corrected chi connectivity index (χ4v) is 4.47. The van der Waals surface area contributed by atoms with Crippen LogP contribution in [0.3, 0.4) is 0 Å². The summed E-state index contributed by atoms with van der Waals surface area (Å²) in [7, 11) is 0. The van der Waals surface area contributed by atoms with E-state index in [1.165, 1.54) is 6.08 Å². The van der Waals surface area contributed by atoms with Crippen molar-refractivity contribution >= 4 is 77.1 Å². The van der Waals surface area contributed by atoms with E-state index in [1.54, 1.807) is 30.3 Å². The van der Waals surface area contributed by atoms with Gasteiger partial charge in [-0.05, 0) is 70.0 Å². The largest absolute Gasteiger partial charge is 0.487 e. The van der Waals surface area contributed by atoms with E-state index in [1.807, 2.05) is 36.4 Å². The molecule has 0 aromatic heterocycles. The first-order chi connectivity index (χ1) is 14.9. The number of rotatable bonds is 6. The van der Waals surface area contributed by atoms with Gasteiger partial charge in [0.1, 0.15) is 24.0 Å². The average molecular weight is 626 g/mol. The van der Waals surface area contributed by atoms with Crippen molar-refractivity contribution in [3.05, 3.63) is 95.8 Å². The van der Waals surface area contributed by atoms with Crippen LogP contribution in [0, 0.1) is 11.3 Å². The Morgan fingerprint density at radius 1 is 1.06 bits per heavy atom. The van der Waals surface area contributed by atoms with E-state index in [2.05, 4.69) is 53.1 Å². The summed E-state index contributed by atoms with van der Waals surface area (Å²) < 4.78 is 8.47. The van der Waals surface area contributed by atoms with Crippen molar-refractivity contribution in [2.75, 3.05) is 5.32 Å². The third-order valence-electron chi connectivity index (χ3n) is 4.08. The van der Waals surface area contributed by atoms with Crippen molar-refractivity contribution < 1.29 is 9.53 Å². The number of carbonyl (C=O) groups is 1. The van der Waals surface area contributed by atoms with Crippen LogP contribution in [0.4, 0.5) is 5.69 Å². The molecule has 0 atom stereocenters. The number of benzene rings is 3. The van der Waals surface area contributed by atoms with E-state index in [0.29, 0.717) is 33.1 Å². The average Bonchev–Trinajstić information content (AvgIpc) is 2.72. The zero-order valence-electron chi connectivity index (χ0n) is 15.8. The summed E-state index contributed by atoms with van der Waals surface area (Å²) >= 11 is 16.3. The Morgan fingerprint density at radius 2 is 1.81 bits per heavy atom. The van der Waals surface area contributed by atoms with Gasteiger partial charge in [0.2, 0.25) is 0 Å².